The Morgan fingerprint density at radius 3 is 2.55 bits per heavy atom. The van der Waals surface area contributed by atoms with Gasteiger partial charge < -0.3 is 10.2 Å². The molecule has 6 nitrogen and oxygen atoms in total. The molecule has 31 heavy (non-hydrogen) atoms. The Hall–Kier alpha value is -1.92. The van der Waals surface area contributed by atoms with Gasteiger partial charge in [-0.3, -0.25) is 19.4 Å². The highest BCUT2D eigenvalue weighted by atomic mass is 16.2. The van der Waals surface area contributed by atoms with Gasteiger partial charge in [-0.2, -0.15) is 0 Å². The largest absolute Gasteiger partial charge is 0.354 e. The van der Waals surface area contributed by atoms with E-state index >= 15 is 0 Å². The summed E-state index contributed by atoms with van der Waals surface area (Å²) in [7, 11) is 0. The molecule has 0 unspecified atom stereocenters. The van der Waals surface area contributed by atoms with Gasteiger partial charge in [-0.1, -0.05) is 30.7 Å². The van der Waals surface area contributed by atoms with Gasteiger partial charge in [-0.15, -0.1) is 0 Å². The summed E-state index contributed by atoms with van der Waals surface area (Å²) in [6, 6.07) is 8.53. The van der Waals surface area contributed by atoms with Crippen LogP contribution in [0.2, 0.25) is 0 Å². The van der Waals surface area contributed by atoms with E-state index in [4.69, 9.17) is 0 Å². The molecule has 0 bridgehead atoms. The lowest BCUT2D eigenvalue weighted by Crippen LogP contribution is -2.50. The molecule has 1 aromatic carbocycles. The van der Waals surface area contributed by atoms with Crippen molar-refractivity contribution in [1.29, 1.82) is 0 Å². The monoisotopic (exact) mass is 426 g/mol. The van der Waals surface area contributed by atoms with Crippen LogP contribution in [0.15, 0.2) is 24.3 Å². The lowest BCUT2D eigenvalue weighted by Gasteiger charge is -2.39. The standard InChI is InChI=1S/C25H38N4O2/c1-20-9-5-8-14-27(20)18-13-26-23(30)19-29-17-12-21-10-3-4-11-22(21)24(29)25(31)28-15-6-2-7-16-28/h3-4,10-11,20,24H,2,5-9,12-19H2,1H3,(H,26,30)/t20-,24+/m1/s1. The lowest BCUT2D eigenvalue weighted by molar-refractivity contribution is -0.139. The maximum absolute atomic E-state index is 13.5. The summed E-state index contributed by atoms with van der Waals surface area (Å²) in [6.45, 7) is 7.71. The minimum atomic E-state index is -0.337. The molecule has 3 aliphatic heterocycles. The third-order valence-electron chi connectivity index (χ3n) is 7.29. The van der Waals surface area contributed by atoms with Gasteiger partial charge in [0.2, 0.25) is 11.8 Å². The highest BCUT2D eigenvalue weighted by molar-refractivity contribution is 5.85. The van der Waals surface area contributed by atoms with E-state index < -0.39 is 0 Å². The first-order valence-electron chi connectivity index (χ1n) is 12.2. The zero-order chi connectivity index (χ0) is 21.6. The fourth-order valence-electron chi connectivity index (χ4n) is 5.43. The lowest BCUT2D eigenvalue weighted by atomic mass is 9.91. The van der Waals surface area contributed by atoms with Crippen molar-refractivity contribution >= 4 is 11.8 Å². The summed E-state index contributed by atoms with van der Waals surface area (Å²) in [5, 5.41) is 3.11. The molecule has 2 amide bonds. The number of likely N-dealkylation sites (tertiary alicyclic amines) is 2. The maximum atomic E-state index is 13.5. The highest BCUT2D eigenvalue weighted by Gasteiger charge is 2.36. The van der Waals surface area contributed by atoms with Gasteiger partial charge in [-0.25, -0.2) is 0 Å². The maximum Gasteiger partial charge on any atom is 0.244 e. The van der Waals surface area contributed by atoms with Crippen LogP contribution >= 0.6 is 0 Å². The van der Waals surface area contributed by atoms with Crippen LogP contribution in [0.25, 0.3) is 0 Å². The molecule has 170 valence electrons. The number of carbonyl (C=O) groups is 2. The minimum Gasteiger partial charge on any atom is -0.354 e. The number of amides is 2. The Bertz CT molecular complexity index is 762. The molecule has 6 heteroatoms. The van der Waals surface area contributed by atoms with Gasteiger partial charge in [-0.05, 0) is 63.1 Å². The minimum absolute atomic E-state index is 0.0282. The third kappa shape index (κ3) is 5.47. The molecule has 0 radical (unpaired) electrons. The van der Waals surface area contributed by atoms with Crippen molar-refractivity contribution in [2.75, 3.05) is 45.8 Å². The van der Waals surface area contributed by atoms with E-state index in [0.717, 1.165) is 57.5 Å². The fraction of sp³-hybridized carbons (Fsp3) is 0.680. The first kappa shape index (κ1) is 22.3. The third-order valence-corrected chi connectivity index (χ3v) is 7.29. The molecule has 0 spiro atoms. The summed E-state index contributed by atoms with van der Waals surface area (Å²) in [4.78, 5) is 32.9. The quantitative estimate of drug-likeness (QED) is 0.760. The Labute approximate surface area is 187 Å². The van der Waals surface area contributed by atoms with Crippen LogP contribution in [0.5, 0.6) is 0 Å². The van der Waals surface area contributed by atoms with E-state index in [-0.39, 0.29) is 24.4 Å². The van der Waals surface area contributed by atoms with Crippen molar-refractivity contribution in [3.63, 3.8) is 0 Å². The number of fused-ring (bicyclic) bond motifs is 1. The normalized spacial score (nSPS) is 25.1. The van der Waals surface area contributed by atoms with Crippen LogP contribution in [-0.2, 0) is 16.0 Å². The average Bonchev–Trinajstić information content (AvgIpc) is 2.80. The number of nitrogens with one attached hydrogen (secondary N) is 1. The van der Waals surface area contributed by atoms with E-state index in [1.807, 2.05) is 17.0 Å². The van der Waals surface area contributed by atoms with E-state index in [9.17, 15) is 9.59 Å². The molecular weight excluding hydrogens is 388 g/mol. The predicted octanol–water partition coefficient (Wildman–Crippen LogP) is 2.59. The van der Waals surface area contributed by atoms with E-state index in [2.05, 4.69) is 34.2 Å². The average molecular weight is 427 g/mol. The smallest absolute Gasteiger partial charge is 0.244 e. The highest BCUT2D eigenvalue weighted by Crippen LogP contribution is 2.32. The molecule has 1 N–H and O–H groups in total. The zero-order valence-electron chi connectivity index (χ0n) is 19.0. The van der Waals surface area contributed by atoms with Crippen molar-refractivity contribution in [2.24, 2.45) is 0 Å². The van der Waals surface area contributed by atoms with Crippen LogP contribution < -0.4 is 5.32 Å². The molecule has 0 aromatic heterocycles. The van der Waals surface area contributed by atoms with Gasteiger partial charge in [0.1, 0.15) is 6.04 Å². The molecule has 2 atom stereocenters. The van der Waals surface area contributed by atoms with Gasteiger partial charge in [0.25, 0.3) is 0 Å². The molecule has 0 saturated carbocycles. The predicted molar refractivity (Wildman–Crippen MR) is 123 cm³/mol. The number of carbonyl (C=O) groups excluding carboxylic acids is 2. The Balaban J connectivity index is 1.38. The number of nitrogens with zero attached hydrogens (tertiary/aromatic N) is 3. The molecule has 0 aliphatic carbocycles. The first-order chi connectivity index (χ1) is 15.1. The summed E-state index contributed by atoms with van der Waals surface area (Å²) >= 11 is 0. The van der Waals surface area contributed by atoms with E-state index in [1.54, 1.807) is 0 Å². The van der Waals surface area contributed by atoms with Gasteiger partial charge >= 0.3 is 0 Å². The van der Waals surface area contributed by atoms with Gasteiger partial charge in [0, 0.05) is 38.8 Å². The molecular formula is C25H38N4O2. The van der Waals surface area contributed by atoms with Crippen molar-refractivity contribution in [3.8, 4) is 0 Å². The SMILES string of the molecule is C[C@@H]1CCCCN1CCNC(=O)CN1CCc2ccccc2[C@H]1C(=O)N1CCCCC1. The first-order valence-corrected chi connectivity index (χ1v) is 12.2. The number of benzene rings is 1. The second-order valence-corrected chi connectivity index (χ2v) is 9.44. The van der Waals surface area contributed by atoms with Crippen molar-refractivity contribution in [3.05, 3.63) is 35.4 Å². The molecule has 3 heterocycles. The van der Waals surface area contributed by atoms with Crippen LogP contribution in [0, 0.1) is 0 Å². The second kappa shape index (κ2) is 10.6. The molecule has 2 fully saturated rings. The van der Waals surface area contributed by atoms with Crippen LogP contribution in [-0.4, -0.2) is 78.4 Å². The van der Waals surface area contributed by atoms with Crippen LogP contribution in [0.4, 0.5) is 0 Å². The summed E-state index contributed by atoms with van der Waals surface area (Å²) in [5.41, 5.74) is 2.33. The summed E-state index contributed by atoms with van der Waals surface area (Å²) < 4.78 is 0. The van der Waals surface area contributed by atoms with Crippen LogP contribution in [0.3, 0.4) is 0 Å². The summed E-state index contributed by atoms with van der Waals surface area (Å²) in [6.07, 6.45) is 8.07. The Morgan fingerprint density at radius 1 is 0.968 bits per heavy atom. The van der Waals surface area contributed by atoms with Gasteiger partial charge in [0.05, 0.1) is 6.54 Å². The number of hydrogen-bond acceptors (Lipinski definition) is 4. The number of piperidine rings is 2. The van der Waals surface area contributed by atoms with Crippen molar-refractivity contribution in [1.82, 2.24) is 20.0 Å². The number of hydrogen-bond donors (Lipinski definition) is 1. The topological polar surface area (TPSA) is 55.9 Å². The van der Waals surface area contributed by atoms with Gasteiger partial charge in [0.15, 0.2) is 0 Å². The fourth-order valence-corrected chi connectivity index (χ4v) is 5.43. The van der Waals surface area contributed by atoms with Crippen molar-refractivity contribution < 1.29 is 9.59 Å². The van der Waals surface area contributed by atoms with Crippen molar-refractivity contribution in [2.45, 2.75) is 64.0 Å². The van der Waals surface area contributed by atoms with Crippen LogP contribution in [0.1, 0.15) is 62.6 Å². The molecule has 2 saturated heterocycles. The molecule has 3 aliphatic rings. The van der Waals surface area contributed by atoms with E-state index in [0.29, 0.717) is 12.6 Å². The molecule has 4 rings (SSSR count). The zero-order valence-corrected chi connectivity index (χ0v) is 19.0. The summed E-state index contributed by atoms with van der Waals surface area (Å²) in [5.74, 6) is 0.197. The van der Waals surface area contributed by atoms with E-state index in [1.165, 1.54) is 31.2 Å². The second-order valence-electron chi connectivity index (χ2n) is 9.44. The Kier molecular flexibility index (Phi) is 7.62. The Morgan fingerprint density at radius 2 is 1.74 bits per heavy atom. The molecule has 1 aromatic rings. The number of rotatable bonds is 6.